The third-order valence-corrected chi connectivity index (χ3v) is 3.62. The Labute approximate surface area is 133 Å². The summed E-state index contributed by atoms with van der Waals surface area (Å²) in [6, 6.07) is 8.80. The second kappa shape index (κ2) is 6.75. The van der Waals surface area contributed by atoms with E-state index in [1.807, 2.05) is 0 Å². The van der Waals surface area contributed by atoms with Gasteiger partial charge in [0.25, 0.3) is 5.56 Å². The average molecular weight is 318 g/mol. The van der Waals surface area contributed by atoms with E-state index in [0.29, 0.717) is 11.1 Å². The van der Waals surface area contributed by atoms with E-state index in [-0.39, 0.29) is 24.6 Å². The van der Waals surface area contributed by atoms with Crippen LogP contribution < -0.4 is 10.9 Å². The number of hydrogen-bond donors (Lipinski definition) is 2. The molecule has 6 heteroatoms. The number of carbonyl (C=O) groups is 1. The minimum Gasteiger partial charge on any atom is -0.384 e. The highest BCUT2D eigenvalue weighted by Crippen LogP contribution is 2.19. The van der Waals surface area contributed by atoms with E-state index in [0.717, 1.165) is 0 Å². The van der Waals surface area contributed by atoms with Crippen LogP contribution >= 0.6 is 0 Å². The van der Waals surface area contributed by atoms with Crippen molar-refractivity contribution in [1.29, 1.82) is 0 Å². The van der Waals surface area contributed by atoms with E-state index in [2.05, 4.69) is 5.32 Å². The first-order valence-corrected chi connectivity index (χ1v) is 7.21. The van der Waals surface area contributed by atoms with Gasteiger partial charge in [-0.1, -0.05) is 18.2 Å². The minimum atomic E-state index is -1.33. The van der Waals surface area contributed by atoms with Crippen LogP contribution in [0.4, 0.5) is 4.39 Å². The number of nitrogens with zero attached hydrogens (tertiary/aromatic N) is 1. The number of hydrogen-bond acceptors (Lipinski definition) is 3. The van der Waals surface area contributed by atoms with Gasteiger partial charge >= 0.3 is 0 Å². The number of rotatable bonds is 5. The monoisotopic (exact) mass is 318 g/mol. The molecule has 0 saturated carbocycles. The predicted molar refractivity (Wildman–Crippen MR) is 84.4 cm³/mol. The average Bonchev–Trinajstić information content (AvgIpc) is 2.50. The van der Waals surface area contributed by atoms with Gasteiger partial charge in [0.05, 0.1) is 6.54 Å². The molecule has 1 aromatic heterocycles. The maximum Gasteiger partial charge on any atom is 0.253 e. The number of aromatic nitrogens is 1. The Morgan fingerprint density at radius 3 is 2.61 bits per heavy atom. The van der Waals surface area contributed by atoms with E-state index >= 15 is 0 Å². The lowest BCUT2D eigenvalue weighted by molar-refractivity contribution is -0.122. The molecule has 0 fully saturated rings. The summed E-state index contributed by atoms with van der Waals surface area (Å²) in [5, 5.41) is 13.0. The number of nitrogens with one attached hydrogen (secondary N) is 1. The molecule has 1 heterocycles. The van der Waals surface area contributed by atoms with Crippen molar-refractivity contribution in [1.82, 2.24) is 9.88 Å². The van der Waals surface area contributed by atoms with Gasteiger partial charge in [-0.2, -0.15) is 0 Å². The lowest BCUT2D eigenvalue weighted by atomic mass is 9.96. The van der Waals surface area contributed by atoms with Crippen molar-refractivity contribution in [3.05, 3.63) is 69.9 Å². The van der Waals surface area contributed by atoms with Crippen LogP contribution in [0.15, 0.2) is 47.4 Å². The molecular formula is C17H19FN2O3. The molecule has 0 aliphatic rings. The second-order valence-electron chi connectivity index (χ2n) is 5.68. The highest BCUT2D eigenvalue weighted by atomic mass is 19.1. The van der Waals surface area contributed by atoms with Crippen LogP contribution in [-0.2, 0) is 16.9 Å². The number of pyridine rings is 1. The molecule has 1 unspecified atom stereocenters. The third-order valence-electron chi connectivity index (χ3n) is 3.62. The van der Waals surface area contributed by atoms with Gasteiger partial charge in [0.1, 0.15) is 18.0 Å². The molecular weight excluding hydrogens is 299 g/mol. The van der Waals surface area contributed by atoms with Crippen molar-refractivity contribution in [2.24, 2.45) is 0 Å². The molecule has 1 atom stereocenters. The van der Waals surface area contributed by atoms with Crippen LogP contribution in [0.1, 0.15) is 18.1 Å². The zero-order valence-electron chi connectivity index (χ0n) is 13.0. The van der Waals surface area contributed by atoms with Crippen LogP contribution in [0.25, 0.3) is 0 Å². The van der Waals surface area contributed by atoms with Gasteiger partial charge in [0.2, 0.25) is 5.91 Å². The van der Waals surface area contributed by atoms with Gasteiger partial charge < -0.3 is 15.0 Å². The lowest BCUT2D eigenvalue weighted by Crippen LogP contribution is -2.41. The molecule has 2 N–H and O–H groups in total. The molecule has 1 amide bonds. The Kier molecular flexibility index (Phi) is 4.95. The molecule has 0 bridgehead atoms. The molecule has 2 aromatic rings. The van der Waals surface area contributed by atoms with Crippen LogP contribution in [-0.4, -0.2) is 22.1 Å². The van der Waals surface area contributed by atoms with E-state index in [9.17, 15) is 19.1 Å². The Balaban J connectivity index is 1.99. The zero-order chi connectivity index (χ0) is 17.0. The highest BCUT2D eigenvalue weighted by Gasteiger charge is 2.23. The van der Waals surface area contributed by atoms with Crippen LogP contribution in [0.3, 0.4) is 0 Å². The summed E-state index contributed by atoms with van der Waals surface area (Å²) in [6.45, 7) is 3.04. The first-order chi connectivity index (χ1) is 10.8. The number of amides is 1. The topological polar surface area (TPSA) is 71.3 Å². The molecule has 23 heavy (non-hydrogen) atoms. The Morgan fingerprint density at radius 2 is 1.96 bits per heavy atom. The fraction of sp³-hybridized carbons (Fsp3) is 0.294. The smallest absolute Gasteiger partial charge is 0.253 e. The van der Waals surface area contributed by atoms with Gasteiger partial charge in [-0.05, 0) is 37.6 Å². The van der Waals surface area contributed by atoms with Crippen molar-refractivity contribution in [2.45, 2.75) is 26.0 Å². The molecule has 5 nitrogen and oxygen atoms in total. The standard InChI is InChI=1S/C17H19FN2O3/c1-12-4-3-9-20(16(12)22)10-15(21)19-11-17(2,23)13-5-7-14(18)8-6-13/h3-9,23H,10-11H2,1-2H3,(H,19,21). The molecule has 1 aromatic carbocycles. The molecule has 0 aliphatic carbocycles. The maximum atomic E-state index is 12.9. The number of aliphatic hydroxyl groups is 1. The van der Waals surface area contributed by atoms with E-state index in [4.69, 9.17) is 0 Å². The molecule has 2 rings (SSSR count). The Morgan fingerprint density at radius 1 is 1.30 bits per heavy atom. The van der Waals surface area contributed by atoms with Crippen molar-refractivity contribution in [3.8, 4) is 0 Å². The first-order valence-electron chi connectivity index (χ1n) is 7.21. The summed E-state index contributed by atoms with van der Waals surface area (Å²) in [6.07, 6.45) is 1.53. The third kappa shape index (κ3) is 4.26. The Hall–Kier alpha value is -2.47. The molecule has 0 radical (unpaired) electrons. The van der Waals surface area contributed by atoms with Crippen LogP contribution in [0.2, 0.25) is 0 Å². The summed E-state index contributed by atoms with van der Waals surface area (Å²) in [5.41, 5.74) is -0.514. The molecule has 0 spiro atoms. The van der Waals surface area contributed by atoms with Crippen molar-refractivity contribution < 1.29 is 14.3 Å². The number of halogens is 1. The van der Waals surface area contributed by atoms with Gasteiger partial charge in [-0.15, -0.1) is 0 Å². The second-order valence-corrected chi connectivity index (χ2v) is 5.68. The van der Waals surface area contributed by atoms with Gasteiger partial charge in [0, 0.05) is 11.8 Å². The van der Waals surface area contributed by atoms with Crippen molar-refractivity contribution >= 4 is 5.91 Å². The summed E-state index contributed by atoms with van der Waals surface area (Å²) in [4.78, 5) is 23.8. The zero-order valence-corrected chi connectivity index (χ0v) is 13.0. The van der Waals surface area contributed by atoms with Crippen molar-refractivity contribution in [3.63, 3.8) is 0 Å². The van der Waals surface area contributed by atoms with Crippen LogP contribution in [0, 0.1) is 12.7 Å². The summed E-state index contributed by atoms with van der Waals surface area (Å²) < 4.78 is 14.2. The first kappa shape index (κ1) is 16.9. The lowest BCUT2D eigenvalue weighted by Gasteiger charge is -2.24. The Bertz CT molecular complexity index is 751. The number of benzene rings is 1. The fourth-order valence-corrected chi connectivity index (χ4v) is 2.17. The quantitative estimate of drug-likeness (QED) is 0.873. The summed E-state index contributed by atoms with van der Waals surface area (Å²) in [7, 11) is 0. The molecule has 122 valence electrons. The minimum absolute atomic E-state index is 0.0436. The fourth-order valence-electron chi connectivity index (χ4n) is 2.17. The molecule has 0 aliphatic heterocycles. The van der Waals surface area contributed by atoms with Crippen molar-refractivity contribution in [2.75, 3.05) is 6.54 Å². The summed E-state index contributed by atoms with van der Waals surface area (Å²) in [5.74, 6) is -0.785. The highest BCUT2D eigenvalue weighted by molar-refractivity contribution is 5.75. The SMILES string of the molecule is Cc1cccn(CC(=O)NCC(C)(O)c2ccc(F)cc2)c1=O. The normalized spacial score (nSPS) is 13.4. The molecule has 0 saturated heterocycles. The number of aryl methyl sites for hydroxylation is 1. The van der Waals surface area contributed by atoms with Gasteiger partial charge in [-0.3, -0.25) is 9.59 Å². The van der Waals surface area contributed by atoms with Gasteiger partial charge in [0.15, 0.2) is 0 Å². The van der Waals surface area contributed by atoms with Crippen LogP contribution in [0.5, 0.6) is 0 Å². The van der Waals surface area contributed by atoms with Gasteiger partial charge in [-0.25, -0.2) is 4.39 Å². The summed E-state index contributed by atoms with van der Waals surface area (Å²) >= 11 is 0. The predicted octanol–water partition coefficient (Wildman–Crippen LogP) is 1.32. The maximum absolute atomic E-state index is 12.9. The van der Waals surface area contributed by atoms with E-state index in [1.54, 1.807) is 19.1 Å². The number of carbonyl (C=O) groups excluding carboxylic acids is 1. The van der Waals surface area contributed by atoms with E-state index in [1.165, 1.54) is 42.0 Å². The van der Waals surface area contributed by atoms with E-state index < -0.39 is 11.4 Å². The largest absolute Gasteiger partial charge is 0.384 e.